The Bertz CT molecular complexity index is 876. The Morgan fingerprint density at radius 1 is 1.21 bits per heavy atom. The van der Waals surface area contributed by atoms with Crippen molar-refractivity contribution in [3.8, 4) is 11.6 Å². The molecular formula is C17H17N5O2. The number of pyridine rings is 1. The van der Waals surface area contributed by atoms with E-state index < -0.39 is 5.56 Å². The maximum atomic E-state index is 11.7. The molecule has 0 fully saturated rings. The minimum atomic E-state index is -0.423. The van der Waals surface area contributed by atoms with E-state index in [2.05, 4.69) is 15.3 Å². The molecule has 0 aliphatic carbocycles. The second-order valence-electron chi connectivity index (χ2n) is 4.95. The van der Waals surface area contributed by atoms with E-state index >= 15 is 0 Å². The van der Waals surface area contributed by atoms with Crippen LogP contribution in [0.25, 0.3) is 5.82 Å². The van der Waals surface area contributed by atoms with E-state index in [0.717, 1.165) is 11.4 Å². The molecule has 0 atom stereocenters. The maximum absolute atomic E-state index is 11.7. The molecule has 0 amide bonds. The van der Waals surface area contributed by atoms with Crippen molar-refractivity contribution in [2.75, 3.05) is 17.7 Å². The van der Waals surface area contributed by atoms with Gasteiger partial charge in [-0.1, -0.05) is 6.07 Å². The van der Waals surface area contributed by atoms with Crippen LogP contribution < -0.4 is 21.3 Å². The summed E-state index contributed by atoms with van der Waals surface area (Å²) in [6.45, 7) is 2.52. The quantitative estimate of drug-likeness (QED) is 0.748. The van der Waals surface area contributed by atoms with Crippen molar-refractivity contribution in [1.29, 1.82) is 0 Å². The van der Waals surface area contributed by atoms with Crippen LogP contribution in [0.15, 0.2) is 59.5 Å². The van der Waals surface area contributed by atoms with Gasteiger partial charge in [-0.3, -0.25) is 4.79 Å². The first-order valence-electron chi connectivity index (χ1n) is 7.48. The second kappa shape index (κ2) is 6.82. The van der Waals surface area contributed by atoms with Gasteiger partial charge in [0, 0.05) is 18.0 Å². The van der Waals surface area contributed by atoms with Crippen molar-refractivity contribution in [3.05, 3.63) is 65.1 Å². The lowest BCUT2D eigenvalue weighted by Gasteiger charge is -2.15. The summed E-state index contributed by atoms with van der Waals surface area (Å²) in [7, 11) is 0. The third kappa shape index (κ3) is 3.35. The number of nitrogens with two attached hydrogens (primary N) is 1. The Labute approximate surface area is 138 Å². The highest BCUT2D eigenvalue weighted by Crippen LogP contribution is 2.21. The van der Waals surface area contributed by atoms with Gasteiger partial charge in [-0.2, -0.15) is 4.98 Å². The first-order valence-corrected chi connectivity index (χ1v) is 7.48. The zero-order valence-electron chi connectivity index (χ0n) is 13.1. The number of hydrogen-bond acceptors (Lipinski definition) is 6. The summed E-state index contributed by atoms with van der Waals surface area (Å²) in [5.74, 6) is 1.88. The fourth-order valence-corrected chi connectivity index (χ4v) is 2.24. The van der Waals surface area contributed by atoms with Crippen LogP contribution in [0.2, 0.25) is 0 Å². The molecule has 3 N–H and O–H groups in total. The molecule has 0 aliphatic heterocycles. The minimum absolute atomic E-state index is 0.252. The lowest BCUT2D eigenvalue weighted by molar-refractivity contribution is 0.340. The summed E-state index contributed by atoms with van der Waals surface area (Å²) in [4.78, 5) is 20.0. The number of aromatic nitrogens is 3. The third-order valence-electron chi connectivity index (χ3n) is 3.26. The number of hydrogen-bond donors (Lipinski definition) is 2. The Hall–Kier alpha value is -3.35. The molecule has 0 aliphatic rings. The highest BCUT2D eigenvalue weighted by molar-refractivity contribution is 5.58. The normalized spacial score (nSPS) is 10.4. The summed E-state index contributed by atoms with van der Waals surface area (Å²) < 4.78 is 6.99. The maximum Gasteiger partial charge on any atom is 0.276 e. The van der Waals surface area contributed by atoms with Gasteiger partial charge in [0.1, 0.15) is 17.4 Å². The van der Waals surface area contributed by atoms with Crippen molar-refractivity contribution in [2.45, 2.75) is 6.92 Å². The van der Waals surface area contributed by atoms with E-state index in [0.29, 0.717) is 18.4 Å². The molecular weight excluding hydrogens is 306 g/mol. The fourth-order valence-electron chi connectivity index (χ4n) is 2.24. The van der Waals surface area contributed by atoms with Crippen LogP contribution in [0.1, 0.15) is 6.92 Å². The lowest BCUT2D eigenvalue weighted by Crippen LogP contribution is -2.18. The molecule has 2 aromatic heterocycles. The summed E-state index contributed by atoms with van der Waals surface area (Å²) in [5, 5.41) is 3.10. The van der Waals surface area contributed by atoms with E-state index in [4.69, 9.17) is 10.5 Å². The number of benzene rings is 1. The second-order valence-corrected chi connectivity index (χ2v) is 4.95. The highest BCUT2D eigenvalue weighted by Gasteiger charge is 2.11. The smallest absolute Gasteiger partial charge is 0.276 e. The van der Waals surface area contributed by atoms with Crippen LogP contribution >= 0.6 is 0 Å². The molecule has 7 heteroatoms. The average Bonchev–Trinajstić information content (AvgIpc) is 2.57. The van der Waals surface area contributed by atoms with Gasteiger partial charge in [-0.05, 0) is 43.3 Å². The average molecular weight is 323 g/mol. The van der Waals surface area contributed by atoms with Crippen LogP contribution in [0.4, 0.5) is 17.5 Å². The van der Waals surface area contributed by atoms with Crippen molar-refractivity contribution < 1.29 is 4.74 Å². The van der Waals surface area contributed by atoms with Gasteiger partial charge < -0.3 is 15.8 Å². The number of nitrogens with one attached hydrogen (secondary N) is 1. The van der Waals surface area contributed by atoms with Crippen LogP contribution in [0.3, 0.4) is 0 Å². The zero-order valence-corrected chi connectivity index (χ0v) is 13.1. The van der Waals surface area contributed by atoms with E-state index in [1.165, 1.54) is 6.07 Å². The topological polar surface area (TPSA) is 95.1 Å². The standard InChI is InChI=1S/C17H17N5O2/c1-2-24-13-8-6-12(7-9-13)20-17-21-16(23)11-14(18)22(17)15-5-3-4-10-19-15/h3-11H,2,18H2,1H3,(H,20,21,23). The van der Waals surface area contributed by atoms with Crippen molar-refractivity contribution in [2.24, 2.45) is 0 Å². The molecule has 0 bridgehead atoms. The predicted octanol–water partition coefficient (Wildman–Crippen LogP) is 2.35. The zero-order chi connectivity index (χ0) is 16.9. The number of anilines is 3. The summed E-state index contributed by atoms with van der Waals surface area (Å²) in [6, 6.07) is 14.0. The lowest BCUT2D eigenvalue weighted by atomic mass is 10.3. The Kier molecular flexibility index (Phi) is 4.42. The van der Waals surface area contributed by atoms with Crippen LogP contribution in [-0.2, 0) is 0 Å². The SMILES string of the molecule is CCOc1ccc(Nc2nc(=O)cc(N)n2-c2ccccn2)cc1. The Morgan fingerprint density at radius 2 is 2.00 bits per heavy atom. The molecule has 7 nitrogen and oxygen atoms in total. The number of nitrogen functional groups attached to an aromatic ring is 1. The monoisotopic (exact) mass is 323 g/mol. The third-order valence-corrected chi connectivity index (χ3v) is 3.26. The molecule has 0 radical (unpaired) electrons. The number of rotatable bonds is 5. The van der Waals surface area contributed by atoms with Crippen LogP contribution in [-0.4, -0.2) is 21.1 Å². The summed E-state index contributed by atoms with van der Waals surface area (Å²) >= 11 is 0. The van der Waals surface area contributed by atoms with Gasteiger partial charge in [-0.25, -0.2) is 9.55 Å². The van der Waals surface area contributed by atoms with E-state index in [9.17, 15) is 4.79 Å². The molecule has 2 heterocycles. The van der Waals surface area contributed by atoms with E-state index in [-0.39, 0.29) is 5.82 Å². The molecule has 0 saturated carbocycles. The molecule has 0 saturated heterocycles. The van der Waals surface area contributed by atoms with Gasteiger partial charge in [-0.15, -0.1) is 0 Å². The van der Waals surface area contributed by atoms with Crippen molar-refractivity contribution in [1.82, 2.24) is 14.5 Å². The van der Waals surface area contributed by atoms with Crippen LogP contribution in [0, 0.1) is 0 Å². The van der Waals surface area contributed by atoms with Gasteiger partial charge in [0.15, 0.2) is 0 Å². The molecule has 3 rings (SSSR count). The Morgan fingerprint density at radius 3 is 2.67 bits per heavy atom. The van der Waals surface area contributed by atoms with Crippen molar-refractivity contribution in [3.63, 3.8) is 0 Å². The molecule has 24 heavy (non-hydrogen) atoms. The van der Waals surface area contributed by atoms with Gasteiger partial charge in [0.2, 0.25) is 5.95 Å². The van der Waals surface area contributed by atoms with Crippen LogP contribution in [0.5, 0.6) is 5.75 Å². The molecule has 1 aromatic carbocycles. The van der Waals surface area contributed by atoms with Gasteiger partial charge in [0.25, 0.3) is 5.56 Å². The van der Waals surface area contributed by atoms with Gasteiger partial charge in [0.05, 0.1) is 6.61 Å². The fraction of sp³-hybridized carbons (Fsp3) is 0.118. The number of ether oxygens (including phenoxy) is 1. The Balaban J connectivity index is 1.99. The molecule has 0 spiro atoms. The van der Waals surface area contributed by atoms with Gasteiger partial charge >= 0.3 is 0 Å². The predicted molar refractivity (Wildman–Crippen MR) is 92.9 cm³/mol. The van der Waals surface area contributed by atoms with Crippen molar-refractivity contribution >= 4 is 17.5 Å². The number of nitrogens with zero attached hydrogens (tertiary/aromatic N) is 3. The summed E-state index contributed by atoms with van der Waals surface area (Å²) in [5.41, 5.74) is 6.32. The summed E-state index contributed by atoms with van der Waals surface area (Å²) in [6.07, 6.45) is 1.65. The largest absolute Gasteiger partial charge is 0.494 e. The molecule has 122 valence electrons. The first kappa shape index (κ1) is 15.5. The highest BCUT2D eigenvalue weighted by atomic mass is 16.5. The van der Waals surface area contributed by atoms with E-state index in [1.54, 1.807) is 22.9 Å². The molecule has 0 unspecified atom stereocenters. The molecule has 3 aromatic rings. The van der Waals surface area contributed by atoms with E-state index in [1.807, 2.05) is 37.3 Å². The first-order chi connectivity index (χ1) is 11.7. The minimum Gasteiger partial charge on any atom is -0.494 e.